The van der Waals surface area contributed by atoms with Crippen LogP contribution in [-0.4, -0.2) is 30.5 Å². The molecule has 138 valence electrons. The number of nitrogens with zero attached hydrogens (tertiary/aromatic N) is 1. The van der Waals surface area contributed by atoms with Crippen LogP contribution in [0.5, 0.6) is 5.75 Å². The van der Waals surface area contributed by atoms with Gasteiger partial charge in [0.05, 0.1) is 7.11 Å². The first-order valence-electron chi connectivity index (χ1n) is 8.65. The van der Waals surface area contributed by atoms with Gasteiger partial charge in [0.2, 0.25) is 0 Å². The van der Waals surface area contributed by atoms with Gasteiger partial charge in [0, 0.05) is 24.8 Å². The van der Waals surface area contributed by atoms with Crippen LogP contribution in [-0.2, 0) is 6.54 Å². The van der Waals surface area contributed by atoms with Gasteiger partial charge in [0.15, 0.2) is 0 Å². The Morgan fingerprint density at radius 2 is 1.81 bits per heavy atom. The largest absolute Gasteiger partial charge is 0.497 e. The molecule has 1 aromatic heterocycles. The highest BCUT2D eigenvalue weighted by atomic mass is 16.5. The third kappa shape index (κ3) is 5.88. The third-order valence-corrected chi connectivity index (χ3v) is 3.87. The molecular formula is C20H25N3O3. The van der Waals surface area contributed by atoms with Crippen LogP contribution >= 0.6 is 0 Å². The Morgan fingerprint density at radius 3 is 2.46 bits per heavy atom. The van der Waals surface area contributed by atoms with E-state index in [2.05, 4.69) is 29.5 Å². The summed E-state index contributed by atoms with van der Waals surface area (Å²) in [6.07, 6.45) is 2.38. The predicted molar refractivity (Wildman–Crippen MR) is 100 cm³/mol. The lowest BCUT2D eigenvalue weighted by atomic mass is 10.1. The Bertz CT molecular complexity index is 742. The first-order valence-corrected chi connectivity index (χ1v) is 8.65. The maximum Gasteiger partial charge on any atom is 0.270 e. The fourth-order valence-corrected chi connectivity index (χ4v) is 2.29. The van der Waals surface area contributed by atoms with Crippen molar-refractivity contribution in [2.45, 2.75) is 26.8 Å². The zero-order chi connectivity index (χ0) is 18.9. The maximum absolute atomic E-state index is 12.3. The summed E-state index contributed by atoms with van der Waals surface area (Å²) in [6, 6.07) is 10.5. The van der Waals surface area contributed by atoms with Gasteiger partial charge < -0.3 is 15.4 Å². The molecule has 0 unspecified atom stereocenters. The van der Waals surface area contributed by atoms with Crippen LogP contribution in [0.1, 0.15) is 46.7 Å². The molecule has 2 rings (SSSR count). The summed E-state index contributed by atoms with van der Waals surface area (Å²) < 4.78 is 5.11. The van der Waals surface area contributed by atoms with Gasteiger partial charge in [-0.15, -0.1) is 0 Å². The molecule has 0 spiro atoms. The fourth-order valence-electron chi connectivity index (χ4n) is 2.29. The summed E-state index contributed by atoms with van der Waals surface area (Å²) in [5.74, 6) is 0.764. The number of ether oxygens (including phenoxy) is 1. The summed E-state index contributed by atoms with van der Waals surface area (Å²) >= 11 is 0. The van der Waals surface area contributed by atoms with Crippen LogP contribution in [0.4, 0.5) is 0 Å². The van der Waals surface area contributed by atoms with Gasteiger partial charge >= 0.3 is 0 Å². The number of nitrogens with one attached hydrogen (secondary N) is 2. The molecule has 2 N–H and O–H groups in total. The maximum atomic E-state index is 12.3. The van der Waals surface area contributed by atoms with E-state index in [1.165, 1.54) is 12.3 Å². The number of hydrogen-bond acceptors (Lipinski definition) is 4. The smallest absolute Gasteiger partial charge is 0.270 e. The van der Waals surface area contributed by atoms with Crippen LogP contribution in [0, 0.1) is 5.92 Å². The minimum absolute atomic E-state index is 0.197. The summed E-state index contributed by atoms with van der Waals surface area (Å²) in [5.41, 5.74) is 1.59. The number of methoxy groups -OCH3 is 1. The summed E-state index contributed by atoms with van der Waals surface area (Å²) in [7, 11) is 1.61. The average molecular weight is 355 g/mol. The zero-order valence-electron chi connectivity index (χ0n) is 15.4. The standard InChI is InChI=1S/C20H25N3O3/c1-14(2)8-10-22-19(24)16-9-11-21-18(12-16)20(25)23-13-15-4-6-17(26-3)7-5-15/h4-7,9,11-12,14H,8,10,13H2,1-3H3,(H,22,24)(H,23,25). The van der Waals surface area contributed by atoms with E-state index in [0.29, 0.717) is 24.6 Å². The van der Waals surface area contributed by atoms with E-state index in [4.69, 9.17) is 4.74 Å². The van der Waals surface area contributed by atoms with Crippen molar-refractivity contribution in [2.24, 2.45) is 5.92 Å². The number of hydrogen-bond donors (Lipinski definition) is 2. The molecule has 1 aromatic carbocycles. The lowest BCUT2D eigenvalue weighted by Crippen LogP contribution is -2.27. The first kappa shape index (κ1) is 19.4. The SMILES string of the molecule is COc1ccc(CNC(=O)c2cc(C(=O)NCCC(C)C)ccn2)cc1. The number of amides is 2. The molecule has 0 saturated heterocycles. The number of benzene rings is 1. The molecule has 0 aliphatic heterocycles. The van der Waals surface area contributed by atoms with Crippen molar-refractivity contribution < 1.29 is 14.3 Å². The number of rotatable bonds is 8. The van der Waals surface area contributed by atoms with Crippen molar-refractivity contribution in [3.05, 3.63) is 59.4 Å². The molecular weight excluding hydrogens is 330 g/mol. The van der Waals surface area contributed by atoms with Gasteiger partial charge in [-0.3, -0.25) is 14.6 Å². The van der Waals surface area contributed by atoms with Gasteiger partial charge in [-0.25, -0.2) is 0 Å². The average Bonchev–Trinajstić information content (AvgIpc) is 2.66. The quantitative estimate of drug-likeness (QED) is 0.763. The minimum atomic E-state index is -0.322. The van der Waals surface area contributed by atoms with Gasteiger partial charge in [-0.05, 0) is 42.2 Å². The molecule has 0 aliphatic rings. The minimum Gasteiger partial charge on any atom is -0.497 e. The monoisotopic (exact) mass is 355 g/mol. The topological polar surface area (TPSA) is 80.3 Å². The van der Waals surface area contributed by atoms with E-state index in [-0.39, 0.29) is 17.5 Å². The Balaban J connectivity index is 1.93. The molecule has 0 aliphatic carbocycles. The van der Waals surface area contributed by atoms with Gasteiger partial charge in [0.1, 0.15) is 11.4 Å². The highest BCUT2D eigenvalue weighted by Crippen LogP contribution is 2.11. The molecule has 0 radical (unpaired) electrons. The van der Waals surface area contributed by atoms with E-state index in [1.54, 1.807) is 13.2 Å². The molecule has 6 nitrogen and oxygen atoms in total. The van der Waals surface area contributed by atoms with Crippen LogP contribution in [0.25, 0.3) is 0 Å². The zero-order valence-corrected chi connectivity index (χ0v) is 15.4. The molecule has 0 bridgehead atoms. The third-order valence-electron chi connectivity index (χ3n) is 3.87. The second-order valence-corrected chi connectivity index (χ2v) is 6.40. The Hall–Kier alpha value is -2.89. The van der Waals surface area contributed by atoms with Crippen molar-refractivity contribution in [1.29, 1.82) is 0 Å². The van der Waals surface area contributed by atoms with Crippen LogP contribution in [0.15, 0.2) is 42.6 Å². The van der Waals surface area contributed by atoms with Crippen LogP contribution < -0.4 is 15.4 Å². The molecule has 0 fully saturated rings. The number of pyridine rings is 1. The number of carbonyl (C=O) groups excluding carboxylic acids is 2. The molecule has 26 heavy (non-hydrogen) atoms. The second-order valence-electron chi connectivity index (χ2n) is 6.40. The predicted octanol–water partition coefficient (Wildman–Crippen LogP) is 2.80. The van der Waals surface area contributed by atoms with Crippen molar-refractivity contribution in [2.75, 3.05) is 13.7 Å². The normalized spacial score (nSPS) is 10.5. The van der Waals surface area contributed by atoms with Crippen LogP contribution in [0.3, 0.4) is 0 Å². The van der Waals surface area contributed by atoms with Gasteiger partial charge in [-0.1, -0.05) is 26.0 Å². The lowest BCUT2D eigenvalue weighted by molar-refractivity contribution is 0.0946. The van der Waals surface area contributed by atoms with Gasteiger partial charge in [0.25, 0.3) is 11.8 Å². The second kappa shape index (κ2) is 9.56. The van der Waals surface area contributed by atoms with E-state index in [9.17, 15) is 9.59 Å². The van der Waals surface area contributed by atoms with Crippen molar-refractivity contribution >= 4 is 11.8 Å². The molecule has 0 saturated carbocycles. The number of aromatic nitrogens is 1. The van der Waals surface area contributed by atoms with Crippen LogP contribution in [0.2, 0.25) is 0 Å². The molecule has 2 aromatic rings. The molecule has 0 atom stereocenters. The van der Waals surface area contributed by atoms with Gasteiger partial charge in [-0.2, -0.15) is 0 Å². The van der Waals surface area contributed by atoms with E-state index >= 15 is 0 Å². The summed E-state index contributed by atoms with van der Waals surface area (Å²) in [4.78, 5) is 28.5. The number of carbonyl (C=O) groups is 2. The van der Waals surface area contributed by atoms with Crippen molar-refractivity contribution in [3.8, 4) is 5.75 Å². The fraction of sp³-hybridized carbons (Fsp3) is 0.350. The lowest BCUT2D eigenvalue weighted by Gasteiger charge is -2.09. The van der Waals surface area contributed by atoms with Crippen molar-refractivity contribution in [1.82, 2.24) is 15.6 Å². The summed E-state index contributed by atoms with van der Waals surface area (Å²) in [6.45, 7) is 5.18. The van der Waals surface area contributed by atoms with Crippen molar-refractivity contribution in [3.63, 3.8) is 0 Å². The highest BCUT2D eigenvalue weighted by molar-refractivity contribution is 5.98. The first-order chi connectivity index (χ1) is 12.5. The molecule has 2 amide bonds. The molecule has 1 heterocycles. The van der Waals surface area contributed by atoms with E-state index in [0.717, 1.165) is 17.7 Å². The highest BCUT2D eigenvalue weighted by Gasteiger charge is 2.11. The summed E-state index contributed by atoms with van der Waals surface area (Å²) in [5, 5.41) is 5.66. The Kier molecular flexibility index (Phi) is 7.14. The van der Waals surface area contributed by atoms with E-state index < -0.39 is 0 Å². The molecule has 6 heteroatoms. The Labute approximate surface area is 154 Å². The van der Waals surface area contributed by atoms with E-state index in [1.807, 2.05) is 24.3 Å². The Morgan fingerprint density at radius 1 is 1.08 bits per heavy atom.